The Labute approximate surface area is 164 Å². The molecule has 1 fully saturated rings. The van der Waals surface area contributed by atoms with Crippen LogP contribution >= 0.6 is 0 Å². The highest BCUT2D eigenvalue weighted by atomic mass is 15.2. The number of aromatic nitrogens is 4. The Balaban J connectivity index is 1.42. The number of para-hydroxylation sites is 1. The van der Waals surface area contributed by atoms with Gasteiger partial charge in [-0.3, -0.25) is 9.97 Å². The Morgan fingerprint density at radius 1 is 0.929 bits per heavy atom. The number of hydrogen-bond donors (Lipinski definition) is 0. The maximum absolute atomic E-state index is 4.73. The van der Waals surface area contributed by atoms with E-state index in [1.807, 2.05) is 30.9 Å². The zero-order valence-electron chi connectivity index (χ0n) is 15.8. The number of anilines is 1. The molecule has 1 unspecified atom stereocenters. The number of imidazole rings is 1. The molecule has 0 saturated carbocycles. The summed E-state index contributed by atoms with van der Waals surface area (Å²) in [6.45, 7) is 2.91. The zero-order valence-corrected chi connectivity index (χ0v) is 15.8. The Morgan fingerprint density at radius 2 is 1.82 bits per heavy atom. The highest BCUT2D eigenvalue weighted by molar-refractivity contribution is 5.91. The molecule has 0 aliphatic carbocycles. The average molecular weight is 369 g/mol. The van der Waals surface area contributed by atoms with Crippen molar-refractivity contribution in [3.63, 3.8) is 0 Å². The van der Waals surface area contributed by atoms with Crippen molar-refractivity contribution in [3.05, 3.63) is 84.8 Å². The van der Waals surface area contributed by atoms with Crippen molar-refractivity contribution in [1.29, 1.82) is 0 Å². The molecule has 0 bridgehead atoms. The molecule has 5 nitrogen and oxygen atoms in total. The molecular formula is C23H23N5. The fraction of sp³-hybridized carbons (Fsp3) is 0.261. The molecule has 28 heavy (non-hydrogen) atoms. The Hall–Kier alpha value is -3.21. The van der Waals surface area contributed by atoms with Gasteiger partial charge in [-0.05, 0) is 42.7 Å². The molecule has 1 aliphatic rings. The lowest BCUT2D eigenvalue weighted by Gasteiger charge is -2.35. The van der Waals surface area contributed by atoms with Gasteiger partial charge in [0.1, 0.15) is 5.82 Å². The van der Waals surface area contributed by atoms with Crippen LogP contribution in [0.4, 0.5) is 5.69 Å². The Morgan fingerprint density at radius 3 is 2.75 bits per heavy atom. The smallest absolute Gasteiger partial charge is 0.113 e. The Kier molecular flexibility index (Phi) is 4.49. The number of hydrogen-bond acceptors (Lipinski definition) is 4. The van der Waals surface area contributed by atoms with Crippen LogP contribution in [0.3, 0.4) is 0 Å². The fourth-order valence-corrected chi connectivity index (χ4v) is 4.26. The van der Waals surface area contributed by atoms with Crippen LogP contribution in [-0.2, 0) is 6.54 Å². The van der Waals surface area contributed by atoms with E-state index in [-0.39, 0.29) is 0 Å². The molecule has 0 N–H and O–H groups in total. The number of benzene rings is 1. The summed E-state index contributed by atoms with van der Waals surface area (Å²) in [5, 5.41) is 1.23. The first kappa shape index (κ1) is 16.9. The summed E-state index contributed by atoms with van der Waals surface area (Å²) in [5.41, 5.74) is 3.59. The number of piperidine rings is 1. The maximum Gasteiger partial charge on any atom is 0.113 e. The van der Waals surface area contributed by atoms with Crippen LogP contribution in [-0.4, -0.2) is 32.6 Å². The van der Waals surface area contributed by atoms with Crippen LogP contribution < -0.4 is 4.90 Å². The minimum Gasteiger partial charge on any atom is -0.370 e. The minimum atomic E-state index is 0.428. The predicted octanol–water partition coefficient (Wildman–Crippen LogP) is 4.26. The van der Waals surface area contributed by atoms with E-state index in [0.717, 1.165) is 25.2 Å². The summed E-state index contributed by atoms with van der Waals surface area (Å²) in [5.74, 6) is 1.61. The predicted molar refractivity (Wildman–Crippen MR) is 111 cm³/mol. The standard InChI is InChI=1S/C23H23N5/c1-2-6-21-20(5-1)22(9-12-25-21)27-14-3-4-19(17-27)23-26-13-15-28(23)16-18-7-10-24-11-8-18/h1-2,5-13,15,19H,3-4,14,16-17H2. The second-order valence-corrected chi connectivity index (χ2v) is 7.40. The first-order chi connectivity index (χ1) is 13.9. The van der Waals surface area contributed by atoms with E-state index >= 15 is 0 Å². The van der Waals surface area contributed by atoms with Crippen molar-refractivity contribution in [1.82, 2.24) is 19.5 Å². The van der Waals surface area contributed by atoms with Crippen molar-refractivity contribution in [2.24, 2.45) is 0 Å². The third-order valence-corrected chi connectivity index (χ3v) is 5.60. The molecule has 1 aliphatic heterocycles. The van der Waals surface area contributed by atoms with Gasteiger partial charge in [0.15, 0.2) is 0 Å². The number of nitrogens with zero attached hydrogens (tertiary/aromatic N) is 5. The van der Waals surface area contributed by atoms with E-state index < -0.39 is 0 Å². The summed E-state index contributed by atoms with van der Waals surface area (Å²) in [6.07, 6.45) is 12.0. The molecule has 4 aromatic rings. The SMILES string of the molecule is c1ccc2c(N3CCCC(c4nccn4Cc4ccncc4)C3)ccnc2c1. The molecule has 5 rings (SSSR count). The zero-order chi connectivity index (χ0) is 18.8. The van der Waals surface area contributed by atoms with Crippen LogP contribution in [0, 0.1) is 0 Å². The van der Waals surface area contributed by atoms with Gasteiger partial charge in [-0.25, -0.2) is 4.98 Å². The first-order valence-corrected chi connectivity index (χ1v) is 9.87. The van der Waals surface area contributed by atoms with E-state index in [4.69, 9.17) is 4.98 Å². The van der Waals surface area contributed by atoms with Crippen molar-refractivity contribution >= 4 is 16.6 Å². The van der Waals surface area contributed by atoms with Gasteiger partial charge in [0.25, 0.3) is 0 Å². The van der Waals surface area contributed by atoms with Crippen LogP contribution in [0.2, 0.25) is 0 Å². The van der Waals surface area contributed by atoms with Gasteiger partial charge >= 0.3 is 0 Å². The third-order valence-electron chi connectivity index (χ3n) is 5.60. The quantitative estimate of drug-likeness (QED) is 0.539. The fourth-order valence-electron chi connectivity index (χ4n) is 4.26. The molecular weight excluding hydrogens is 346 g/mol. The molecule has 1 aromatic carbocycles. The number of fused-ring (bicyclic) bond motifs is 1. The number of pyridine rings is 2. The highest BCUT2D eigenvalue weighted by Crippen LogP contribution is 2.32. The molecule has 1 atom stereocenters. The van der Waals surface area contributed by atoms with Crippen LogP contribution in [0.15, 0.2) is 73.4 Å². The third kappa shape index (κ3) is 3.24. The van der Waals surface area contributed by atoms with E-state index in [2.05, 4.69) is 62.0 Å². The van der Waals surface area contributed by atoms with E-state index in [0.29, 0.717) is 5.92 Å². The molecule has 0 spiro atoms. The summed E-state index contributed by atoms with van der Waals surface area (Å²) >= 11 is 0. The van der Waals surface area contributed by atoms with Gasteiger partial charge in [-0.1, -0.05) is 18.2 Å². The van der Waals surface area contributed by atoms with E-state index in [1.54, 1.807) is 0 Å². The molecule has 1 saturated heterocycles. The average Bonchev–Trinajstić information content (AvgIpc) is 3.22. The summed E-state index contributed by atoms with van der Waals surface area (Å²) in [7, 11) is 0. The molecule has 3 aromatic heterocycles. The lowest BCUT2D eigenvalue weighted by atomic mass is 9.96. The summed E-state index contributed by atoms with van der Waals surface area (Å²) < 4.78 is 2.29. The van der Waals surface area contributed by atoms with Gasteiger partial charge < -0.3 is 9.47 Å². The first-order valence-electron chi connectivity index (χ1n) is 9.87. The lowest BCUT2D eigenvalue weighted by Crippen LogP contribution is -2.35. The van der Waals surface area contributed by atoms with Crippen molar-refractivity contribution in [2.75, 3.05) is 18.0 Å². The molecule has 5 heteroatoms. The lowest BCUT2D eigenvalue weighted by molar-refractivity contribution is 0.477. The van der Waals surface area contributed by atoms with Gasteiger partial charge in [0, 0.05) is 67.6 Å². The van der Waals surface area contributed by atoms with Crippen LogP contribution in [0.25, 0.3) is 10.9 Å². The summed E-state index contributed by atoms with van der Waals surface area (Å²) in [4.78, 5) is 15.9. The van der Waals surface area contributed by atoms with Crippen LogP contribution in [0.5, 0.6) is 0 Å². The van der Waals surface area contributed by atoms with Gasteiger partial charge in [-0.15, -0.1) is 0 Å². The molecule has 0 radical (unpaired) electrons. The van der Waals surface area contributed by atoms with Gasteiger partial charge in [-0.2, -0.15) is 0 Å². The normalized spacial score (nSPS) is 17.1. The molecule has 0 amide bonds. The van der Waals surface area contributed by atoms with Crippen molar-refractivity contribution in [3.8, 4) is 0 Å². The second-order valence-electron chi connectivity index (χ2n) is 7.40. The monoisotopic (exact) mass is 369 g/mol. The topological polar surface area (TPSA) is 46.8 Å². The van der Waals surface area contributed by atoms with Crippen molar-refractivity contribution < 1.29 is 0 Å². The maximum atomic E-state index is 4.73. The van der Waals surface area contributed by atoms with E-state index in [9.17, 15) is 0 Å². The largest absolute Gasteiger partial charge is 0.370 e. The second kappa shape index (κ2) is 7.43. The van der Waals surface area contributed by atoms with Crippen LogP contribution in [0.1, 0.15) is 30.1 Å². The van der Waals surface area contributed by atoms with Crippen molar-refractivity contribution in [2.45, 2.75) is 25.3 Å². The van der Waals surface area contributed by atoms with Gasteiger partial charge in [0.05, 0.1) is 5.52 Å². The highest BCUT2D eigenvalue weighted by Gasteiger charge is 2.25. The number of rotatable bonds is 4. The molecule has 4 heterocycles. The van der Waals surface area contributed by atoms with E-state index in [1.165, 1.54) is 35.3 Å². The molecule has 140 valence electrons. The van der Waals surface area contributed by atoms with Gasteiger partial charge in [0.2, 0.25) is 0 Å². The Bertz CT molecular complexity index is 1070. The minimum absolute atomic E-state index is 0.428. The summed E-state index contributed by atoms with van der Waals surface area (Å²) in [6, 6.07) is 14.7.